The third-order valence-corrected chi connectivity index (χ3v) is 9.35. The van der Waals surface area contributed by atoms with E-state index in [0.29, 0.717) is 24.4 Å². The summed E-state index contributed by atoms with van der Waals surface area (Å²) in [6.45, 7) is 3.23. The Bertz CT molecular complexity index is 1210. The van der Waals surface area contributed by atoms with Crippen LogP contribution in [0.3, 0.4) is 0 Å². The molecular weight excluding hydrogens is 589 g/mol. The number of hydrogen-bond acceptors (Lipinski definition) is 6. The summed E-state index contributed by atoms with van der Waals surface area (Å²) in [5.41, 5.74) is 2.05. The predicted octanol–water partition coefficient (Wildman–Crippen LogP) is 4.08. The fourth-order valence-corrected chi connectivity index (χ4v) is 7.09. The molecular formula is C28H33F2IN4O2. The lowest BCUT2D eigenvalue weighted by atomic mass is 9.71. The Morgan fingerprint density at radius 3 is 2.68 bits per heavy atom. The molecule has 0 radical (unpaired) electrons. The van der Waals surface area contributed by atoms with Gasteiger partial charge in [0.05, 0.1) is 17.7 Å². The first-order valence-corrected chi connectivity index (χ1v) is 14.1. The molecule has 4 aliphatic rings. The SMILES string of the molecule is CC1OC1NC1([C@H](O)CNC2(c3cccc(I)c3)CCC3=NN(C)CC3C2)CC1c1cc(F)cc(F)c1. The average molecular weight is 622 g/mol. The maximum Gasteiger partial charge on any atom is 0.135 e. The molecule has 6 nitrogen and oxygen atoms in total. The second-order valence-electron chi connectivity index (χ2n) is 11.2. The van der Waals surface area contributed by atoms with Gasteiger partial charge in [0.1, 0.15) is 17.9 Å². The molecule has 0 amide bonds. The number of hydrazone groups is 1. The molecule has 0 bridgehead atoms. The number of halogens is 3. The molecule has 3 N–H and O–H groups in total. The minimum Gasteiger partial charge on any atom is -0.390 e. The predicted molar refractivity (Wildman–Crippen MR) is 146 cm³/mol. The highest BCUT2D eigenvalue weighted by atomic mass is 127. The first-order chi connectivity index (χ1) is 17.7. The van der Waals surface area contributed by atoms with Crippen LogP contribution in [0.4, 0.5) is 8.78 Å². The normalized spacial score (nSPS) is 35.2. The fraction of sp³-hybridized carbons (Fsp3) is 0.536. The zero-order valence-corrected chi connectivity index (χ0v) is 23.2. The van der Waals surface area contributed by atoms with Crippen LogP contribution < -0.4 is 10.6 Å². The molecule has 2 heterocycles. The number of epoxide rings is 1. The highest BCUT2D eigenvalue weighted by molar-refractivity contribution is 14.1. The molecule has 2 saturated carbocycles. The van der Waals surface area contributed by atoms with Crippen LogP contribution in [0.25, 0.3) is 0 Å². The number of fused-ring (bicyclic) bond motifs is 1. The molecule has 6 rings (SSSR count). The molecule has 7 atom stereocenters. The summed E-state index contributed by atoms with van der Waals surface area (Å²) in [6.07, 6.45) is 2.41. The van der Waals surface area contributed by atoms with Crippen molar-refractivity contribution in [3.63, 3.8) is 0 Å². The van der Waals surface area contributed by atoms with Gasteiger partial charge in [-0.15, -0.1) is 0 Å². The molecule has 3 fully saturated rings. The summed E-state index contributed by atoms with van der Waals surface area (Å²) >= 11 is 2.35. The standard InChI is InChI=1S/C28H33F2IN4O2/c1-16-26(37-16)33-28(13-23(28)17-8-20(29)11-21(30)9-17)25(36)14-32-27(19-4-3-5-22(31)10-19)7-6-24-18(12-27)15-35(2)34-24/h3-5,8-11,16,18,23,25-26,32-33,36H,6-7,12-15H2,1-2H3/t16?,18?,23?,25-,26?,27?,28?/m1/s1. The summed E-state index contributed by atoms with van der Waals surface area (Å²) in [6, 6.07) is 12.2. The average Bonchev–Trinajstić information content (AvgIpc) is 3.72. The minimum atomic E-state index is -0.777. The third-order valence-electron chi connectivity index (χ3n) is 8.68. The molecule has 0 spiro atoms. The van der Waals surface area contributed by atoms with Gasteiger partial charge in [0.15, 0.2) is 0 Å². The van der Waals surface area contributed by atoms with E-state index in [9.17, 15) is 13.9 Å². The molecule has 2 aromatic carbocycles. The smallest absolute Gasteiger partial charge is 0.135 e. The van der Waals surface area contributed by atoms with Gasteiger partial charge in [0.25, 0.3) is 0 Å². The lowest BCUT2D eigenvalue weighted by Crippen LogP contribution is -2.55. The molecule has 1 saturated heterocycles. The van der Waals surface area contributed by atoms with Crippen molar-refractivity contribution in [2.45, 2.75) is 68.0 Å². The Morgan fingerprint density at radius 1 is 1.22 bits per heavy atom. The molecule has 6 unspecified atom stereocenters. The number of aliphatic hydroxyl groups excluding tert-OH is 1. The van der Waals surface area contributed by atoms with Crippen molar-refractivity contribution in [2.24, 2.45) is 11.0 Å². The summed E-state index contributed by atoms with van der Waals surface area (Å²) in [4.78, 5) is 0. The van der Waals surface area contributed by atoms with Crippen LogP contribution in [0.15, 0.2) is 47.6 Å². The van der Waals surface area contributed by atoms with E-state index in [1.54, 1.807) is 0 Å². The first-order valence-electron chi connectivity index (χ1n) is 13.0. The molecule has 0 aromatic heterocycles. The van der Waals surface area contributed by atoms with Crippen LogP contribution in [-0.2, 0) is 10.3 Å². The zero-order valence-electron chi connectivity index (χ0n) is 21.1. The van der Waals surface area contributed by atoms with E-state index < -0.39 is 23.3 Å². The highest BCUT2D eigenvalue weighted by Gasteiger charge is 2.62. The number of hydrogen-bond donors (Lipinski definition) is 3. The van der Waals surface area contributed by atoms with E-state index in [0.717, 1.165) is 31.9 Å². The van der Waals surface area contributed by atoms with E-state index in [2.05, 4.69) is 57.5 Å². The summed E-state index contributed by atoms with van der Waals surface area (Å²) < 4.78 is 34.9. The largest absolute Gasteiger partial charge is 0.390 e. The highest BCUT2D eigenvalue weighted by Crippen LogP contribution is 2.55. The first kappa shape index (κ1) is 25.6. The second kappa shape index (κ2) is 9.51. The lowest BCUT2D eigenvalue weighted by molar-refractivity contribution is 0.0856. The van der Waals surface area contributed by atoms with Gasteiger partial charge in [0, 0.05) is 52.9 Å². The van der Waals surface area contributed by atoms with Crippen LogP contribution in [0.1, 0.15) is 49.7 Å². The zero-order chi connectivity index (χ0) is 25.9. The topological polar surface area (TPSA) is 72.4 Å². The van der Waals surface area contributed by atoms with Gasteiger partial charge in [-0.2, -0.15) is 5.10 Å². The molecule has 9 heteroatoms. The number of ether oxygens (including phenoxy) is 1. The summed E-state index contributed by atoms with van der Waals surface area (Å²) in [7, 11) is 2.02. The Labute approximate surface area is 230 Å². The van der Waals surface area contributed by atoms with Crippen LogP contribution >= 0.6 is 22.6 Å². The van der Waals surface area contributed by atoms with Crippen LogP contribution in [0.5, 0.6) is 0 Å². The van der Waals surface area contributed by atoms with Gasteiger partial charge in [-0.3, -0.25) is 10.3 Å². The van der Waals surface area contributed by atoms with E-state index in [-0.39, 0.29) is 23.8 Å². The Kier molecular flexibility index (Phi) is 6.59. The van der Waals surface area contributed by atoms with Gasteiger partial charge < -0.3 is 15.2 Å². The molecule has 2 aliphatic carbocycles. The molecule has 37 heavy (non-hydrogen) atoms. The van der Waals surface area contributed by atoms with Crippen LogP contribution in [-0.4, -0.2) is 59.9 Å². The van der Waals surface area contributed by atoms with Crippen molar-refractivity contribution in [3.05, 3.63) is 68.8 Å². The van der Waals surface area contributed by atoms with Crippen molar-refractivity contribution in [3.8, 4) is 0 Å². The van der Waals surface area contributed by atoms with E-state index in [1.807, 2.05) is 19.0 Å². The molecule has 2 aliphatic heterocycles. The number of nitrogens with one attached hydrogen (secondary N) is 2. The minimum absolute atomic E-state index is 0.0516. The molecule has 2 aromatic rings. The Balaban J connectivity index is 1.25. The number of benzene rings is 2. The maximum atomic E-state index is 14.0. The van der Waals surface area contributed by atoms with Gasteiger partial charge in [0.2, 0.25) is 0 Å². The Morgan fingerprint density at radius 2 is 1.97 bits per heavy atom. The van der Waals surface area contributed by atoms with Gasteiger partial charge in [-0.1, -0.05) is 12.1 Å². The van der Waals surface area contributed by atoms with Crippen molar-refractivity contribution >= 4 is 28.3 Å². The third kappa shape index (κ3) is 4.93. The Hall–Kier alpha value is -1.66. The number of nitrogens with zero attached hydrogens (tertiary/aromatic N) is 2. The van der Waals surface area contributed by atoms with Crippen LogP contribution in [0, 0.1) is 21.1 Å². The monoisotopic (exact) mass is 622 g/mol. The summed E-state index contributed by atoms with van der Waals surface area (Å²) in [5, 5.41) is 25.7. The fourth-order valence-electron chi connectivity index (χ4n) is 6.55. The quantitative estimate of drug-likeness (QED) is 0.306. The maximum absolute atomic E-state index is 14.0. The van der Waals surface area contributed by atoms with Crippen molar-refractivity contribution in [1.82, 2.24) is 15.6 Å². The van der Waals surface area contributed by atoms with E-state index in [1.165, 1.54) is 27.0 Å². The van der Waals surface area contributed by atoms with Crippen molar-refractivity contribution in [1.29, 1.82) is 0 Å². The van der Waals surface area contributed by atoms with Gasteiger partial charge in [-0.05, 0) is 90.6 Å². The van der Waals surface area contributed by atoms with E-state index >= 15 is 0 Å². The number of rotatable bonds is 8. The van der Waals surface area contributed by atoms with Gasteiger partial charge >= 0.3 is 0 Å². The van der Waals surface area contributed by atoms with Gasteiger partial charge in [-0.25, -0.2) is 8.78 Å². The van der Waals surface area contributed by atoms with Crippen LogP contribution in [0.2, 0.25) is 0 Å². The van der Waals surface area contributed by atoms with Crippen molar-refractivity contribution < 1.29 is 18.6 Å². The molecule has 198 valence electrons. The van der Waals surface area contributed by atoms with E-state index in [4.69, 9.17) is 9.84 Å². The summed E-state index contributed by atoms with van der Waals surface area (Å²) in [5.74, 6) is -1.03. The number of aliphatic hydroxyl groups is 1. The lowest BCUT2D eigenvalue weighted by Gasteiger charge is -2.42. The second-order valence-corrected chi connectivity index (χ2v) is 12.5. The van der Waals surface area contributed by atoms with Crippen molar-refractivity contribution in [2.75, 3.05) is 20.1 Å².